The quantitative estimate of drug-likeness (QED) is 0.735. The van der Waals surface area contributed by atoms with E-state index >= 15 is 0 Å². The molecule has 1 N–H and O–H groups in total. The average molecular weight is 377 g/mol. The Morgan fingerprint density at radius 1 is 1.14 bits per heavy atom. The van der Waals surface area contributed by atoms with Gasteiger partial charge in [-0.1, -0.05) is 29.4 Å². The standard InChI is InChI=1S/C21H19N3O4/c25-20(10-14-6-5-13-3-1-2-4-16(13)14)22-11-19-23-21(28-24-19)15-7-8-17-18(9-15)27-12-26-17/h1-4,7-9,14H,5-6,10-12H2,(H,22,25). The van der Waals surface area contributed by atoms with E-state index in [1.807, 2.05) is 18.2 Å². The van der Waals surface area contributed by atoms with Crippen LogP contribution in [-0.4, -0.2) is 22.8 Å². The fraction of sp³-hybridized carbons (Fsp3) is 0.286. The second-order valence-corrected chi connectivity index (χ2v) is 7.00. The molecule has 28 heavy (non-hydrogen) atoms. The van der Waals surface area contributed by atoms with E-state index in [9.17, 15) is 4.79 Å². The van der Waals surface area contributed by atoms with E-state index in [1.165, 1.54) is 11.1 Å². The van der Waals surface area contributed by atoms with Crippen molar-refractivity contribution in [2.24, 2.45) is 0 Å². The van der Waals surface area contributed by atoms with Gasteiger partial charge in [-0.15, -0.1) is 0 Å². The molecular formula is C21H19N3O4. The minimum Gasteiger partial charge on any atom is -0.454 e. The maximum absolute atomic E-state index is 12.4. The van der Waals surface area contributed by atoms with Gasteiger partial charge in [0.05, 0.1) is 6.54 Å². The zero-order chi connectivity index (χ0) is 18.9. The van der Waals surface area contributed by atoms with Gasteiger partial charge in [0.2, 0.25) is 12.7 Å². The number of hydrogen-bond donors (Lipinski definition) is 1. The first-order valence-corrected chi connectivity index (χ1v) is 9.33. The molecule has 1 aromatic heterocycles. The Labute approximate surface area is 161 Å². The Morgan fingerprint density at radius 3 is 3.00 bits per heavy atom. The van der Waals surface area contributed by atoms with Crippen molar-refractivity contribution < 1.29 is 18.8 Å². The van der Waals surface area contributed by atoms with Crippen molar-refractivity contribution in [1.82, 2.24) is 15.5 Å². The number of fused-ring (bicyclic) bond motifs is 2. The molecule has 0 saturated heterocycles. The largest absolute Gasteiger partial charge is 0.454 e. The Bertz CT molecular complexity index is 1030. The summed E-state index contributed by atoms with van der Waals surface area (Å²) in [6, 6.07) is 13.8. The first kappa shape index (κ1) is 16.8. The van der Waals surface area contributed by atoms with Crippen LogP contribution in [0.4, 0.5) is 0 Å². The lowest BCUT2D eigenvalue weighted by atomic mass is 9.97. The van der Waals surface area contributed by atoms with E-state index in [1.54, 1.807) is 6.07 Å². The summed E-state index contributed by atoms with van der Waals surface area (Å²) in [5.41, 5.74) is 3.39. The second kappa shape index (κ2) is 6.99. The van der Waals surface area contributed by atoms with E-state index in [0.29, 0.717) is 29.6 Å². The van der Waals surface area contributed by atoms with E-state index in [-0.39, 0.29) is 25.2 Å². The van der Waals surface area contributed by atoms with E-state index in [2.05, 4.69) is 33.7 Å². The van der Waals surface area contributed by atoms with Gasteiger partial charge in [0.15, 0.2) is 17.3 Å². The zero-order valence-corrected chi connectivity index (χ0v) is 15.2. The van der Waals surface area contributed by atoms with Crippen molar-refractivity contribution in [3.05, 3.63) is 59.4 Å². The molecule has 0 fully saturated rings. The molecule has 7 nitrogen and oxygen atoms in total. The third kappa shape index (κ3) is 3.19. The lowest BCUT2D eigenvalue weighted by Gasteiger charge is -2.10. The number of nitrogens with one attached hydrogen (secondary N) is 1. The Hall–Kier alpha value is -3.35. The molecule has 0 saturated carbocycles. The van der Waals surface area contributed by atoms with Crippen LogP contribution in [0, 0.1) is 0 Å². The fourth-order valence-corrected chi connectivity index (χ4v) is 3.80. The van der Waals surface area contributed by atoms with Gasteiger partial charge in [0.1, 0.15) is 0 Å². The summed E-state index contributed by atoms with van der Waals surface area (Å²) in [7, 11) is 0. The predicted molar refractivity (Wildman–Crippen MR) is 99.8 cm³/mol. The van der Waals surface area contributed by atoms with Gasteiger partial charge in [-0.3, -0.25) is 4.79 Å². The number of aryl methyl sites for hydroxylation is 1. The monoisotopic (exact) mass is 377 g/mol. The van der Waals surface area contributed by atoms with Gasteiger partial charge in [-0.2, -0.15) is 4.98 Å². The molecule has 1 aliphatic heterocycles. The molecule has 142 valence electrons. The van der Waals surface area contributed by atoms with Gasteiger partial charge in [-0.25, -0.2) is 0 Å². The van der Waals surface area contributed by atoms with E-state index in [4.69, 9.17) is 14.0 Å². The first-order valence-electron chi connectivity index (χ1n) is 9.33. The summed E-state index contributed by atoms with van der Waals surface area (Å²) >= 11 is 0. The summed E-state index contributed by atoms with van der Waals surface area (Å²) in [5.74, 6) is 2.45. The summed E-state index contributed by atoms with van der Waals surface area (Å²) < 4.78 is 16.0. The predicted octanol–water partition coefficient (Wildman–Crippen LogP) is 3.20. The molecule has 1 atom stereocenters. The maximum atomic E-state index is 12.4. The number of amides is 1. The smallest absolute Gasteiger partial charge is 0.258 e. The van der Waals surface area contributed by atoms with E-state index < -0.39 is 0 Å². The van der Waals surface area contributed by atoms with E-state index in [0.717, 1.165) is 18.4 Å². The van der Waals surface area contributed by atoms with Crippen LogP contribution in [0.2, 0.25) is 0 Å². The molecule has 0 bridgehead atoms. The number of aromatic nitrogens is 2. The zero-order valence-electron chi connectivity index (χ0n) is 15.2. The number of hydrogen-bond acceptors (Lipinski definition) is 6. The number of carbonyl (C=O) groups is 1. The molecule has 3 aromatic rings. The van der Waals surface area contributed by atoms with Crippen molar-refractivity contribution in [3.63, 3.8) is 0 Å². The highest BCUT2D eigenvalue weighted by Crippen LogP contribution is 2.36. The fourth-order valence-electron chi connectivity index (χ4n) is 3.80. The molecule has 2 heterocycles. The van der Waals surface area contributed by atoms with Crippen molar-refractivity contribution >= 4 is 5.91 Å². The van der Waals surface area contributed by atoms with Crippen LogP contribution in [0.5, 0.6) is 11.5 Å². The number of ether oxygens (including phenoxy) is 2. The van der Waals surface area contributed by atoms with Crippen LogP contribution in [0.1, 0.15) is 35.7 Å². The van der Waals surface area contributed by atoms with Crippen LogP contribution < -0.4 is 14.8 Å². The normalized spacial score (nSPS) is 16.8. The van der Waals surface area contributed by atoms with Crippen LogP contribution in [0.3, 0.4) is 0 Å². The van der Waals surface area contributed by atoms with Crippen molar-refractivity contribution in [2.75, 3.05) is 6.79 Å². The summed E-state index contributed by atoms with van der Waals surface area (Å²) in [5, 5.41) is 6.85. The highest BCUT2D eigenvalue weighted by molar-refractivity contribution is 5.77. The van der Waals surface area contributed by atoms with Crippen LogP contribution in [0.25, 0.3) is 11.5 Å². The van der Waals surface area contributed by atoms with Gasteiger partial charge in [-0.05, 0) is 48.1 Å². The van der Waals surface area contributed by atoms with Gasteiger partial charge in [0, 0.05) is 12.0 Å². The van der Waals surface area contributed by atoms with Crippen LogP contribution >= 0.6 is 0 Å². The molecule has 2 aliphatic rings. The molecule has 1 amide bonds. The number of rotatable bonds is 5. The maximum Gasteiger partial charge on any atom is 0.258 e. The second-order valence-electron chi connectivity index (χ2n) is 7.00. The number of carbonyl (C=O) groups excluding carboxylic acids is 1. The molecular weight excluding hydrogens is 358 g/mol. The molecule has 7 heteroatoms. The molecule has 0 spiro atoms. The van der Waals surface area contributed by atoms with Crippen LogP contribution in [0.15, 0.2) is 47.0 Å². The Morgan fingerprint density at radius 2 is 2.04 bits per heavy atom. The Kier molecular flexibility index (Phi) is 4.20. The molecule has 5 rings (SSSR count). The average Bonchev–Trinajstić information content (AvgIpc) is 3.46. The van der Waals surface area contributed by atoms with Gasteiger partial charge < -0.3 is 19.3 Å². The lowest BCUT2D eigenvalue weighted by molar-refractivity contribution is -0.121. The minimum atomic E-state index is -0.00358. The number of nitrogens with zero attached hydrogens (tertiary/aromatic N) is 2. The van der Waals surface area contributed by atoms with Crippen molar-refractivity contribution in [3.8, 4) is 23.0 Å². The topological polar surface area (TPSA) is 86.5 Å². The molecule has 1 aliphatic carbocycles. The van der Waals surface area contributed by atoms with Crippen molar-refractivity contribution in [1.29, 1.82) is 0 Å². The third-order valence-electron chi connectivity index (χ3n) is 5.22. The molecule has 0 radical (unpaired) electrons. The first-order chi connectivity index (χ1) is 13.8. The summed E-state index contributed by atoms with van der Waals surface area (Å²) in [4.78, 5) is 16.7. The molecule has 2 aromatic carbocycles. The van der Waals surface area contributed by atoms with Crippen LogP contribution in [-0.2, 0) is 17.8 Å². The lowest BCUT2D eigenvalue weighted by Crippen LogP contribution is -2.24. The molecule has 1 unspecified atom stereocenters. The highest BCUT2D eigenvalue weighted by atomic mass is 16.7. The highest BCUT2D eigenvalue weighted by Gasteiger charge is 2.24. The van der Waals surface area contributed by atoms with Gasteiger partial charge in [0.25, 0.3) is 5.89 Å². The Balaban J connectivity index is 1.19. The third-order valence-corrected chi connectivity index (χ3v) is 5.22. The number of benzene rings is 2. The summed E-state index contributed by atoms with van der Waals surface area (Å²) in [6.45, 7) is 0.451. The SMILES string of the molecule is O=C(CC1CCc2ccccc21)NCc1noc(-c2ccc3c(c2)OCO3)n1. The minimum absolute atomic E-state index is 0.00358. The van der Waals surface area contributed by atoms with Gasteiger partial charge >= 0.3 is 0 Å². The summed E-state index contributed by atoms with van der Waals surface area (Å²) in [6.07, 6.45) is 2.53. The van der Waals surface area contributed by atoms with Crippen molar-refractivity contribution in [2.45, 2.75) is 31.7 Å².